The third kappa shape index (κ3) is 1.89. The maximum Gasteiger partial charge on any atom is 0.0186 e. The van der Waals surface area contributed by atoms with Crippen molar-refractivity contribution in [1.82, 2.24) is 5.32 Å². The summed E-state index contributed by atoms with van der Waals surface area (Å²) in [6, 6.07) is 11.6. The average Bonchev–Trinajstić information content (AvgIpc) is 3.12. The highest BCUT2D eigenvalue weighted by molar-refractivity contribution is 5.34. The van der Waals surface area contributed by atoms with Gasteiger partial charge in [0.15, 0.2) is 0 Å². The Hall–Kier alpha value is -0.820. The number of hydrogen-bond acceptors (Lipinski definition) is 1. The highest BCUT2D eigenvalue weighted by Crippen LogP contribution is 2.52. The van der Waals surface area contributed by atoms with Gasteiger partial charge in [0.2, 0.25) is 0 Å². The molecule has 1 aromatic carbocycles. The van der Waals surface area contributed by atoms with Crippen LogP contribution in [0.15, 0.2) is 30.3 Å². The van der Waals surface area contributed by atoms with Gasteiger partial charge in [-0.2, -0.15) is 0 Å². The zero-order chi connectivity index (χ0) is 11.6. The Morgan fingerprint density at radius 3 is 2.31 bits per heavy atom. The zero-order valence-corrected chi connectivity index (χ0v) is 10.7. The monoisotopic (exact) mass is 217 g/mol. The van der Waals surface area contributed by atoms with Crippen LogP contribution in [0.2, 0.25) is 0 Å². The predicted molar refractivity (Wildman–Crippen MR) is 69.7 cm³/mol. The minimum Gasteiger partial charge on any atom is -0.316 e. The van der Waals surface area contributed by atoms with Crippen LogP contribution in [-0.4, -0.2) is 13.1 Å². The predicted octanol–water partition coefficient (Wildman–Crippen LogP) is 3.35. The highest BCUT2D eigenvalue weighted by Gasteiger charge is 2.51. The number of hydrogen-bond donors (Lipinski definition) is 1. The molecule has 2 rings (SSSR count). The highest BCUT2D eigenvalue weighted by atomic mass is 14.9. The fourth-order valence-corrected chi connectivity index (χ4v) is 3.03. The Bertz CT molecular complexity index is 327. The first-order valence-electron chi connectivity index (χ1n) is 6.47. The van der Waals surface area contributed by atoms with Crippen LogP contribution in [0.4, 0.5) is 0 Å². The summed E-state index contributed by atoms with van der Waals surface area (Å²) in [6.45, 7) is 4.65. The molecule has 88 valence electrons. The number of benzene rings is 1. The Morgan fingerprint density at radius 1 is 1.25 bits per heavy atom. The Morgan fingerprint density at radius 2 is 1.88 bits per heavy atom. The summed E-state index contributed by atoms with van der Waals surface area (Å²) in [7, 11) is 2.11. The quantitative estimate of drug-likeness (QED) is 0.797. The van der Waals surface area contributed by atoms with E-state index in [2.05, 4.69) is 56.5 Å². The molecule has 1 aliphatic carbocycles. The summed E-state index contributed by atoms with van der Waals surface area (Å²) < 4.78 is 0. The van der Waals surface area contributed by atoms with E-state index < -0.39 is 0 Å². The first kappa shape index (κ1) is 11.7. The maximum atomic E-state index is 3.55. The van der Waals surface area contributed by atoms with Gasteiger partial charge >= 0.3 is 0 Å². The van der Waals surface area contributed by atoms with Gasteiger partial charge in [-0.25, -0.2) is 0 Å². The second kappa shape index (κ2) is 4.58. The normalized spacial score (nSPS) is 21.4. The standard InChI is InChI=1S/C15H23N/c1-4-12(2)14(16-3)15(10-11-15)13-8-6-5-7-9-13/h5-9,12,14,16H,4,10-11H2,1-3H3. The molecule has 1 N–H and O–H groups in total. The smallest absolute Gasteiger partial charge is 0.0186 e. The van der Waals surface area contributed by atoms with Gasteiger partial charge in [0.1, 0.15) is 0 Å². The maximum absolute atomic E-state index is 3.55. The summed E-state index contributed by atoms with van der Waals surface area (Å²) in [6.07, 6.45) is 3.93. The molecule has 16 heavy (non-hydrogen) atoms. The van der Waals surface area contributed by atoms with Crippen LogP contribution < -0.4 is 5.32 Å². The van der Waals surface area contributed by atoms with E-state index >= 15 is 0 Å². The average molecular weight is 217 g/mol. The van der Waals surface area contributed by atoms with Crippen LogP contribution in [-0.2, 0) is 5.41 Å². The van der Waals surface area contributed by atoms with E-state index in [1.165, 1.54) is 24.8 Å². The Labute approximate surface area is 99.3 Å². The lowest BCUT2D eigenvalue weighted by atomic mass is 9.80. The number of nitrogens with one attached hydrogen (secondary N) is 1. The van der Waals surface area contributed by atoms with Gasteiger partial charge in [-0.05, 0) is 31.4 Å². The molecule has 0 radical (unpaired) electrons. The topological polar surface area (TPSA) is 12.0 Å². The fraction of sp³-hybridized carbons (Fsp3) is 0.600. The van der Waals surface area contributed by atoms with Crippen molar-refractivity contribution >= 4 is 0 Å². The van der Waals surface area contributed by atoms with E-state index in [4.69, 9.17) is 0 Å². The van der Waals surface area contributed by atoms with Crippen molar-refractivity contribution < 1.29 is 0 Å². The summed E-state index contributed by atoms with van der Waals surface area (Å²) in [4.78, 5) is 0. The van der Waals surface area contributed by atoms with Gasteiger partial charge in [-0.15, -0.1) is 0 Å². The van der Waals surface area contributed by atoms with Crippen molar-refractivity contribution in [2.24, 2.45) is 5.92 Å². The van der Waals surface area contributed by atoms with E-state index in [0.29, 0.717) is 11.5 Å². The molecule has 2 unspecified atom stereocenters. The van der Waals surface area contributed by atoms with E-state index in [9.17, 15) is 0 Å². The van der Waals surface area contributed by atoms with Crippen molar-refractivity contribution in [1.29, 1.82) is 0 Å². The lowest BCUT2D eigenvalue weighted by Gasteiger charge is -2.32. The van der Waals surface area contributed by atoms with E-state index in [1.807, 2.05) is 0 Å². The molecule has 1 saturated carbocycles. The van der Waals surface area contributed by atoms with Gasteiger partial charge in [0, 0.05) is 11.5 Å². The summed E-state index contributed by atoms with van der Waals surface area (Å²) in [5.41, 5.74) is 1.94. The molecule has 0 aliphatic heterocycles. The fourth-order valence-electron chi connectivity index (χ4n) is 3.03. The molecule has 0 amide bonds. The van der Waals surface area contributed by atoms with E-state index in [-0.39, 0.29) is 0 Å². The number of likely N-dealkylation sites (N-methyl/N-ethyl adjacent to an activating group) is 1. The molecule has 1 nitrogen and oxygen atoms in total. The van der Waals surface area contributed by atoms with Gasteiger partial charge in [0.05, 0.1) is 0 Å². The van der Waals surface area contributed by atoms with Gasteiger partial charge in [0.25, 0.3) is 0 Å². The molecule has 1 aliphatic rings. The second-order valence-electron chi connectivity index (χ2n) is 5.17. The first-order valence-corrected chi connectivity index (χ1v) is 6.47. The zero-order valence-electron chi connectivity index (χ0n) is 10.7. The van der Waals surface area contributed by atoms with Crippen molar-refractivity contribution in [2.45, 2.75) is 44.6 Å². The molecule has 1 fully saturated rings. The van der Waals surface area contributed by atoms with Crippen molar-refractivity contribution in [3.8, 4) is 0 Å². The van der Waals surface area contributed by atoms with Gasteiger partial charge in [-0.3, -0.25) is 0 Å². The van der Waals surface area contributed by atoms with Crippen LogP contribution in [0.25, 0.3) is 0 Å². The lowest BCUT2D eigenvalue weighted by molar-refractivity contribution is 0.319. The molecular formula is C15H23N. The minimum absolute atomic E-state index is 0.422. The Kier molecular flexibility index (Phi) is 3.34. The molecular weight excluding hydrogens is 194 g/mol. The van der Waals surface area contributed by atoms with Crippen molar-refractivity contribution in [2.75, 3.05) is 7.05 Å². The molecule has 0 bridgehead atoms. The third-order valence-electron chi connectivity index (χ3n) is 4.26. The van der Waals surface area contributed by atoms with Crippen molar-refractivity contribution in [3.05, 3.63) is 35.9 Å². The molecule has 1 aromatic rings. The summed E-state index contributed by atoms with van der Waals surface area (Å²) in [5, 5.41) is 3.55. The summed E-state index contributed by atoms with van der Waals surface area (Å²) in [5.74, 6) is 0.743. The lowest BCUT2D eigenvalue weighted by Crippen LogP contribution is -2.42. The third-order valence-corrected chi connectivity index (χ3v) is 4.26. The van der Waals surface area contributed by atoms with Crippen LogP contribution >= 0.6 is 0 Å². The molecule has 0 saturated heterocycles. The number of rotatable bonds is 5. The van der Waals surface area contributed by atoms with Gasteiger partial charge in [-0.1, -0.05) is 50.6 Å². The largest absolute Gasteiger partial charge is 0.316 e. The van der Waals surface area contributed by atoms with Gasteiger partial charge < -0.3 is 5.32 Å². The van der Waals surface area contributed by atoms with E-state index in [0.717, 1.165) is 5.92 Å². The SMILES string of the molecule is CCC(C)C(NC)C1(c2ccccc2)CC1. The van der Waals surface area contributed by atoms with Crippen molar-refractivity contribution in [3.63, 3.8) is 0 Å². The second-order valence-corrected chi connectivity index (χ2v) is 5.17. The Balaban J connectivity index is 2.25. The van der Waals surface area contributed by atoms with Crippen LogP contribution in [0.3, 0.4) is 0 Å². The van der Waals surface area contributed by atoms with Crippen LogP contribution in [0.5, 0.6) is 0 Å². The van der Waals surface area contributed by atoms with Crippen LogP contribution in [0, 0.1) is 5.92 Å². The molecule has 1 heteroatoms. The molecule has 0 spiro atoms. The molecule has 0 heterocycles. The summed E-state index contributed by atoms with van der Waals surface area (Å²) >= 11 is 0. The molecule has 0 aromatic heterocycles. The molecule has 2 atom stereocenters. The van der Waals surface area contributed by atoms with Crippen LogP contribution in [0.1, 0.15) is 38.7 Å². The minimum atomic E-state index is 0.422. The van der Waals surface area contributed by atoms with E-state index in [1.54, 1.807) is 0 Å². The first-order chi connectivity index (χ1) is 7.74.